The minimum absolute atomic E-state index is 0.593. The van der Waals surface area contributed by atoms with Gasteiger partial charge < -0.3 is 5.11 Å². The first-order chi connectivity index (χ1) is 7.29. The van der Waals surface area contributed by atoms with Gasteiger partial charge in [0.1, 0.15) is 5.75 Å². The largest absolute Gasteiger partial charge is 0.506 e. The average Bonchev–Trinajstić information content (AvgIpc) is 2.18. The maximum atomic E-state index is 12.6. The molecular weight excluding hydrogens is 268 g/mol. The molecule has 1 aromatic rings. The van der Waals surface area contributed by atoms with Gasteiger partial charge >= 0.3 is 6.18 Å². The number of ketones is 1. The predicted octanol–water partition coefficient (Wildman–Crippen LogP) is 3.49. The summed E-state index contributed by atoms with van der Waals surface area (Å²) in [4.78, 5) is 11.2. The van der Waals surface area contributed by atoms with Crippen LogP contribution in [-0.2, 0) is 6.18 Å². The molecule has 2 nitrogen and oxygen atoms in total. The Hall–Kier alpha value is -0.940. The topological polar surface area (TPSA) is 37.3 Å². The molecule has 0 aromatic heterocycles. The van der Waals surface area contributed by atoms with E-state index in [2.05, 4.69) is 0 Å². The molecule has 0 aliphatic rings. The van der Waals surface area contributed by atoms with Gasteiger partial charge in [-0.05, 0) is 12.1 Å². The van der Waals surface area contributed by atoms with Crippen molar-refractivity contribution in [2.75, 3.05) is 5.88 Å². The van der Waals surface area contributed by atoms with E-state index in [1.54, 1.807) is 0 Å². The highest BCUT2D eigenvalue weighted by molar-refractivity contribution is 6.34. The van der Waals surface area contributed by atoms with E-state index in [1.807, 2.05) is 0 Å². The highest BCUT2D eigenvalue weighted by Gasteiger charge is 2.38. The lowest BCUT2D eigenvalue weighted by Gasteiger charge is -2.13. The number of rotatable bonds is 2. The predicted molar refractivity (Wildman–Crippen MR) is 53.2 cm³/mol. The molecule has 0 amide bonds. The van der Waals surface area contributed by atoms with E-state index in [0.29, 0.717) is 0 Å². The van der Waals surface area contributed by atoms with Crippen molar-refractivity contribution in [2.24, 2.45) is 0 Å². The van der Waals surface area contributed by atoms with Crippen LogP contribution >= 0.6 is 23.2 Å². The zero-order chi connectivity index (χ0) is 12.5. The Morgan fingerprint density at radius 3 is 2.38 bits per heavy atom. The van der Waals surface area contributed by atoms with E-state index < -0.39 is 39.7 Å². The van der Waals surface area contributed by atoms with Crippen LogP contribution in [0.3, 0.4) is 0 Å². The summed E-state index contributed by atoms with van der Waals surface area (Å²) in [6.45, 7) is 0. The fraction of sp³-hybridized carbons (Fsp3) is 0.222. The maximum Gasteiger partial charge on any atom is 0.418 e. The summed E-state index contributed by atoms with van der Waals surface area (Å²) in [5, 5.41) is 8.17. The van der Waals surface area contributed by atoms with E-state index in [-0.39, 0.29) is 0 Å². The van der Waals surface area contributed by atoms with Gasteiger partial charge in [0.25, 0.3) is 0 Å². The van der Waals surface area contributed by atoms with Gasteiger partial charge in [-0.3, -0.25) is 4.79 Å². The van der Waals surface area contributed by atoms with Gasteiger partial charge in [0, 0.05) is 5.56 Å². The number of phenolic OH excluding ortho intramolecular Hbond substituents is 1. The van der Waals surface area contributed by atoms with Crippen LogP contribution in [0, 0.1) is 0 Å². The molecule has 0 aliphatic carbocycles. The van der Waals surface area contributed by atoms with Gasteiger partial charge in [0.05, 0.1) is 16.5 Å². The number of carbonyl (C=O) groups excluding carboxylic acids is 1. The van der Waals surface area contributed by atoms with Gasteiger partial charge in [-0.25, -0.2) is 0 Å². The number of hydrogen-bond acceptors (Lipinski definition) is 2. The van der Waals surface area contributed by atoms with E-state index in [9.17, 15) is 18.0 Å². The first-order valence-electron chi connectivity index (χ1n) is 3.97. The number of aromatic hydroxyl groups is 1. The summed E-state index contributed by atoms with van der Waals surface area (Å²) >= 11 is 10.5. The third-order valence-corrected chi connectivity index (χ3v) is 2.45. The Morgan fingerprint density at radius 1 is 1.38 bits per heavy atom. The molecule has 16 heavy (non-hydrogen) atoms. The lowest BCUT2D eigenvalue weighted by molar-refractivity contribution is -0.137. The standard InChI is InChI=1S/C9H5Cl2F3O2/c10-3-6(16)4-1-2-5(15)8(11)7(4)9(12,13)14/h1-2,15H,3H2. The first kappa shape index (κ1) is 13.1. The fourth-order valence-corrected chi connectivity index (χ4v) is 1.56. The number of benzene rings is 1. The average molecular weight is 273 g/mol. The number of carbonyl (C=O) groups is 1. The van der Waals surface area contributed by atoms with E-state index in [4.69, 9.17) is 28.3 Å². The number of alkyl halides is 4. The first-order valence-corrected chi connectivity index (χ1v) is 4.88. The monoisotopic (exact) mass is 272 g/mol. The summed E-state index contributed by atoms with van der Waals surface area (Å²) in [6, 6.07) is 1.76. The van der Waals surface area contributed by atoms with E-state index in [1.165, 1.54) is 0 Å². The third-order valence-electron chi connectivity index (χ3n) is 1.83. The van der Waals surface area contributed by atoms with Gasteiger partial charge in [0.15, 0.2) is 5.78 Å². The van der Waals surface area contributed by atoms with E-state index >= 15 is 0 Å². The highest BCUT2D eigenvalue weighted by Crippen LogP contribution is 2.41. The van der Waals surface area contributed by atoms with Gasteiger partial charge in [-0.1, -0.05) is 11.6 Å². The maximum absolute atomic E-state index is 12.6. The summed E-state index contributed by atoms with van der Waals surface area (Å²) in [5.74, 6) is -2.24. The van der Waals surface area contributed by atoms with Crippen molar-refractivity contribution in [1.29, 1.82) is 0 Å². The van der Waals surface area contributed by atoms with Crippen LogP contribution in [0.15, 0.2) is 12.1 Å². The Balaban J connectivity index is 3.52. The molecule has 0 unspecified atom stereocenters. The normalized spacial score (nSPS) is 11.6. The van der Waals surface area contributed by atoms with Crippen LogP contribution in [0.2, 0.25) is 5.02 Å². The zero-order valence-electron chi connectivity index (χ0n) is 7.61. The number of phenols is 1. The Morgan fingerprint density at radius 2 is 1.94 bits per heavy atom. The van der Waals surface area contributed by atoms with Gasteiger partial charge in [-0.15, -0.1) is 11.6 Å². The molecule has 0 atom stereocenters. The summed E-state index contributed by atoms with van der Waals surface area (Å²) < 4.78 is 37.8. The van der Waals surface area contributed by atoms with Crippen LogP contribution in [0.1, 0.15) is 15.9 Å². The summed E-state index contributed by atoms with van der Waals surface area (Å²) in [5.41, 5.74) is -2.01. The van der Waals surface area contributed by atoms with Crippen LogP contribution in [0.4, 0.5) is 13.2 Å². The van der Waals surface area contributed by atoms with Crippen molar-refractivity contribution in [3.05, 3.63) is 28.3 Å². The molecule has 7 heteroatoms. The second kappa shape index (κ2) is 4.51. The third kappa shape index (κ3) is 2.41. The van der Waals surface area contributed by atoms with Crippen LogP contribution in [0.5, 0.6) is 5.75 Å². The summed E-state index contributed by atoms with van der Waals surface area (Å²) in [6.07, 6.45) is -4.83. The molecule has 0 radical (unpaired) electrons. The second-order valence-electron chi connectivity index (χ2n) is 2.88. The lowest BCUT2D eigenvalue weighted by Crippen LogP contribution is -2.14. The molecule has 0 spiro atoms. The number of halogens is 5. The van der Waals surface area contributed by atoms with Crippen molar-refractivity contribution in [3.8, 4) is 5.75 Å². The van der Waals surface area contributed by atoms with Crippen molar-refractivity contribution in [1.82, 2.24) is 0 Å². The Bertz CT molecular complexity index is 429. The fourth-order valence-electron chi connectivity index (χ4n) is 1.15. The van der Waals surface area contributed by atoms with Crippen molar-refractivity contribution in [3.63, 3.8) is 0 Å². The van der Waals surface area contributed by atoms with Crippen LogP contribution in [0.25, 0.3) is 0 Å². The van der Waals surface area contributed by atoms with Crippen molar-refractivity contribution in [2.45, 2.75) is 6.18 Å². The van der Waals surface area contributed by atoms with Crippen LogP contribution in [-0.4, -0.2) is 16.8 Å². The van der Waals surface area contributed by atoms with Crippen LogP contribution < -0.4 is 0 Å². The van der Waals surface area contributed by atoms with Crippen molar-refractivity contribution >= 4 is 29.0 Å². The zero-order valence-corrected chi connectivity index (χ0v) is 9.12. The minimum Gasteiger partial charge on any atom is -0.506 e. The molecule has 0 saturated carbocycles. The van der Waals surface area contributed by atoms with Gasteiger partial charge in [-0.2, -0.15) is 13.2 Å². The van der Waals surface area contributed by atoms with E-state index in [0.717, 1.165) is 12.1 Å². The van der Waals surface area contributed by atoms with Gasteiger partial charge in [0.2, 0.25) is 0 Å². The highest BCUT2D eigenvalue weighted by atomic mass is 35.5. The molecule has 0 bridgehead atoms. The molecule has 0 saturated heterocycles. The molecule has 0 heterocycles. The lowest BCUT2D eigenvalue weighted by atomic mass is 10.0. The summed E-state index contributed by atoms with van der Waals surface area (Å²) in [7, 11) is 0. The smallest absolute Gasteiger partial charge is 0.418 e. The molecule has 1 rings (SSSR count). The minimum atomic E-state index is -4.83. The molecule has 0 fully saturated rings. The molecule has 0 aliphatic heterocycles. The molecule has 88 valence electrons. The molecule has 1 N–H and O–H groups in total. The Kier molecular flexibility index (Phi) is 3.70. The molecule has 1 aromatic carbocycles. The van der Waals surface area contributed by atoms with Crippen molar-refractivity contribution < 1.29 is 23.1 Å². The quantitative estimate of drug-likeness (QED) is 0.661. The second-order valence-corrected chi connectivity index (χ2v) is 3.52. The SMILES string of the molecule is O=C(CCl)c1ccc(O)c(Cl)c1C(F)(F)F. The number of Topliss-reactive ketones (excluding diaryl/α,β-unsaturated/α-hetero) is 1. The molecular formula is C9H5Cl2F3O2. The number of hydrogen-bond donors (Lipinski definition) is 1. The Labute approximate surface area is 98.6 Å².